The molecule has 0 N–H and O–H groups in total. The molecule has 0 radical (unpaired) electrons. The van der Waals surface area contributed by atoms with E-state index in [1.165, 1.54) is 7.11 Å². The molecule has 4 nitrogen and oxygen atoms in total. The fourth-order valence-electron chi connectivity index (χ4n) is 3.03. The lowest BCUT2D eigenvalue weighted by atomic mass is 9.96. The zero-order valence-electron chi connectivity index (χ0n) is 16.9. The highest BCUT2D eigenvalue weighted by molar-refractivity contribution is 5.85. The standard InChI is InChI=1S/C25H26O4/c1-3-4-15-28-21-16-22(19-11-7-5-8-12-19)25(29-18-24(26)27-2)23(17-21)20-13-9-6-10-14-20/h5-14,16-17H,3-4,15,18H2,1-2H3. The van der Waals surface area contributed by atoms with Crippen molar-refractivity contribution in [2.45, 2.75) is 19.8 Å². The van der Waals surface area contributed by atoms with Crippen molar-refractivity contribution in [3.8, 4) is 33.8 Å². The maximum absolute atomic E-state index is 11.8. The Morgan fingerprint density at radius 2 is 1.38 bits per heavy atom. The molecule has 0 fully saturated rings. The summed E-state index contributed by atoms with van der Waals surface area (Å²) in [5, 5.41) is 0. The zero-order chi connectivity index (χ0) is 20.5. The van der Waals surface area contributed by atoms with Crippen LogP contribution in [-0.4, -0.2) is 26.3 Å². The van der Waals surface area contributed by atoms with Crippen LogP contribution in [0.25, 0.3) is 22.3 Å². The van der Waals surface area contributed by atoms with Gasteiger partial charge in [-0.15, -0.1) is 0 Å². The number of hydrogen-bond acceptors (Lipinski definition) is 4. The summed E-state index contributed by atoms with van der Waals surface area (Å²) in [7, 11) is 1.35. The van der Waals surface area contributed by atoms with Crippen molar-refractivity contribution in [3.63, 3.8) is 0 Å². The molecule has 3 rings (SSSR count). The lowest BCUT2D eigenvalue weighted by Crippen LogP contribution is -2.13. The molecule has 0 aliphatic heterocycles. The second-order valence-electron chi connectivity index (χ2n) is 6.65. The van der Waals surface area contributed by atoms with Crippen molar-refractivity contribution in [1.82, 2.24) is 0 Å². The number of benzene rings is 3. The molecule has 0 saturated heterocycles. The van der Waals surface area contributed by atoms with Crippen molar-refractivity contribution >= 4 is 5.97 Å². The molecule has 0 bridgehead atoms. The molecule has 3 aromatic rings. The van der Waals surface area contributed by atoms with Gasteiger partial charge in [0.1, 0.15) is 11.5 Å². The van der Waals surface area contributed by atoms with Gasteiger partial charge in [0, 0.05) is 11.1 Å². The van der Waals surface area contributed by atoms with Gasteiger partial charge in [-0.05, 0) is 29.7 Å². The van der Waals surface area contributed by atoms with Gasteiger partial charge in [0.25, 0.3) is 0 Å². The van der Waals surface area contributed by atoms with Crippen molar-refractivity contribution in [2.75, 3.05) is 20.3 Å². The lowest BCUT2D eigenvalue weighted by Gasteiger charge is -2.18. The maximum Gasteiger partial charge on any atom is 0.343 e. The molecular weight excluding hydrogens is 364 g/mol. The highest BCUT2D eigenvalue weighted by Gasteiger charge is 2.18. The van der Waals surface area contributed by atoms with Gasteiger partial charge < -0.3 is 14.2 Å². The number of rotatable bonds is 9. The molecule has 0 aliphatic rings. The van der Waals surface area contributed by atoms with Gasteiger partial charge in [0.05, 0.1) is 13.7 Å². The fraction of sp³-hybridized carbons (Fsp3) is 0.240. The van der Waals surface area contributed by atoms with Crippen LogP contribution in [0.15, 0.2) is 72.8 Å². The van der Waals surface area contributed by atoms with Crippen LogP contribution in [0.5, 0.6) is 11.5 Å². The van der Waals surface area contributed by atoms with Crippen LogP contribution < -0.4 is 9.47 Å². The van der Waals surface area contributed by atoms with Gasteiger partial charge in [-0.2, -0.15) is 0 Å². The van der Waals surface area contributed by atoms with Gasteiger partial charge in [-0.3, -0.25) is 0 Å². The number of methoxy groups -OCH3 is 1. The Balaban J connectivity index is 2.13. The average Bonchev–Trinajstić information content (AvgIpc) is 2.78. The van der Waals surface area contributed by atoms with Crippen LogP contribution in [0.2, 0.25) is 0 Å². The molecule has 0 unspecified atom stereocenters. The fourth-order valence-corrected chi connectivity index (χ4v) is 3.03. The second-order valence-corrected chi connectivity index (χ2v) is 6.65. The normalized spacial score (nSPS) is 10.4. The van der Waals surface area contributed by atoms with E-state index in [1.807, 2.05) is 72.8 Å². The lowest BCUT2D eigenvalue weighted by molar-refractivity contribution is -0.142. The Kier molecular flexibility index (Phi) is 7.28. The quantitative estimate of drug-likeness (QED) is 0.345. The SMILES string of the molecule is CCCCOc1cc(-c2ccccc2)c(OCC(=O)OC)c(-c2ccccc2)c1. The van der Waals surface area contributed by atoms with Crippen LogP contribution in [-0.2, 0) is 9.53 Å². The minimum atomic E-state index is -0.425. The highest BCUT2D eigenvalue weighted by atomic mass is 16.6. The van der Waals surface area contributed by atoms with Gasteiger partial charge in [0.15, 0.2) is 6.61 Å². The Morgan fingerprint density at radius 1 is 0.828 bits per heavy atom. The first-order chi connectivity index (χ1) is 14.2. The summed E-state index contributed by atoms with van der Waals surface area (Å²) in [6.45, 7) is 2.63. The van der Waals surface area contributed by atoms with E-state index in [1.54, 1.807) is 0 Å². The molecule has 29 heavy (non-hydrogen) atoms. The number of hydrogen-bond donors (Lipinski definition) is 0. The van der Waals surface area contributed by atoms with E-state index in [-0.39, 0.29) is 6.61 Å². The van der Waals surface area contributed by atoms with Crippen LogP contribution in [0.3, 0.4) is 0 Å². The first kappa shape index (κ1) is 20.5. The molecule has 0 spiro atoms. The first-order valence-electron chi connectivity index (χ1n) is 9.84. The molecule has 0 aliphatic carbocycles. The molecule has 0 atom stereocenters. The molecule has 4 heteroatoms. The number of ether oxygens (including phenoxy) is 3. The zero-order valence-corrected chi connectivity index (χ0v) is 16.9. The summed E-state index contributed by atoms with van der Waals surface area (Å²) in [5.41, 5.74) is 3.74. The van der Waals surface area contributed by atoms with E-state index in [9.17, 15) is 4.79 Å². The molecule has 0 saturated carbocycles. The first-order valence-corrected chi connectivity index (χ1v) is 9.84. The molecule has 3 aromatic carbocycles. The summed E-state index contributed by atoms with van der Waals surface area (Å²) in [4.78, 5) is 11.8. The third-order valence-electron chi connectivity index (χ3n) is 4.56. The Bertz CT molecular complexity index is 860. The Labute approximate surface area is 172 Å². The second kappa shape index (κ2) is 10.3. The van der Waals surface area contributed by atoms with Crippen molar-refractivity contribution < 1.29 is 19.0 Å². The van der Waals surface area contributed by atoms with Gasteiger partial charge in [0.2, 0.25) is 0 Å². The topological polar surface area (TPSA) is 44.8 Å². The Morgan fingerprint density at radius 3 is 1.86 bits per heavy atom. The van der Waals surface area contributed by atoms with Crippen LogP contribution in [0.1, 0.15) is 19.8 Å². The van der Waals surface area contributed by atoms with E-state index in [2.05, 4.69) is 6.92 Å². The number of esters is 1. The summed E-state index contributed by atoms with van der Waals surface area (Å²) >= 11 is 0. The van der Waals surface area contributed by atoms with E-state index >= 15 is 0 Å². The minimum absolute atomic E-state index is 0.161. The predicted octanol–water partition coefficient (Wildman–Crippen LogP) is 5.75. The largest absolute Gasteiger partial charge is 0.494 e. The number of carbonyl (C=O) groups excluding carboxylic acids is 1. The van der Waals surface area contributed by atoms with Crippen molar-refractivity contribution in [1.29, 1.82) is 0 Å². The maximum atomic E-state index is 11.8. The Hall–Kier alpha value is -3.27. The number of carbonyl (C=O) groups is 1. The van der Waals surface area contributed by atoms with Crippen molar-refractivity contribution in [3.05, 3.63) is 72.8 Å². The summed E-state index contributed by atoms with van der Waals surface area (Å²) < 4.78 is 16.8. The van der Waals surface area contributed by atoms with E-state index < -0.39 is 5.97 Å². The summed E-state index contributed by atoms with van der Waals surface area (Å²) in [6.07, 6.45) is 2.05. The smallest absolute Gasteiger partial charge is 0.343 e. The van der Waals surface area contributed by atoms with Crippen LogP contribution in [0.4, 0.5) is 0 Å². The van der Waals surface area contributed by atoms with Crippen molar-refractivity contribution in [2.24, 2.45) is 0 Å². The number of unbranched alkanes of at least 4 members (excludes halogenated alkanes) is 1. The van der Waals surface area contributed by atoms with Gasteiger partial charge >= 0.3 is 5.97 Å². The van der Waals surface area contributed by atoms with Gasteiger partial charge in [-0.1, -0.05) is 74.0 Å². The summed E-state index contributed by atoms with van der Waals surface area (Å²) in [6, 6.07) is 23.9. The average molecular weight is 390 g/mol. The molecule has 150 valence electrons. The van der Waals surface area contributed by atoms with Crippen LogP contribution in [0, 0.1) is 0 Å². The molecular formula is C25H26O4. The monoisotopic (exact) mass is 390 g/mol. The molecule has 0 heterocycles. The van der Waals surface area contributed by atoms with Crippen LogP contribution >= 0.6 is 0 Å². The highest BCUT2D eigenvalue weighted by Crippen LogP contribution is 2.42. The summed E-state index contributed by atoms with van der Waals surface area (Å²) in [5.74, 6) is 0.989. The van der Waals surface area contributed by atoms with E-state index in [4.69, 9.17) is 14.2 Å². The van der Waals surface area contributed by atoms with E-state index in [0.717, 1.165) is 40.8 Å². The molecule has 0 amide bonds. The minimum Gasteiger partial charge on any atom is -0.494 e. The third kappa shape index (κ3) is 5.38. The van der Waals surface area contributed by atoms with Gasteiger partial charge in [-0.25, -0.2) is 4.79 Å². The van der Waals surface area contributed by atoms with E-state index in [0.29, 0.717) is 12.4 Å². The predicted molar refractivity (Wildman–Crippen MR) is 115 cm³/mol. The third-order valence-corrected chi connectivity index (χ3v) is 4.56. The molecule has 0 aromatic heterocycles.